The van der Waals surface area contributed by atoms with Crippen LogP contribution in [0.5, 0.6) is 0 Å². The molecule has 4 aromatic rings. The van der Waals surface area contributed by atoms with Gasteiger partial charge in [-0.15, -0.1) is 5.10 Å². The third-order valence-electron chi connectivity index (χ3n) is 5.11. The van der Waals surface area contributed by atoms with Crippen molar-refractivity contribution < 1.29 is 14.3 Å². The largest absolute Gasteiger partial charge is 0.450 e. The van der Waals surface area contributed by atoms with E-state index in [9.17, 15) is 14.4 Å². The van der Waals surface area contributed by atoms with Gasteiger partial charge in [-0.2, -0.15) is 5.10 Å². The first kappa shape index (κ1) is 24.3. The first-order valence-corrected chi connectivity index (χ1v) is 11.2. The molecule has 0 saturated carbocycles. The molecule has 2 amide bonds. The lowest BCUT2D eigenvalue weighted by Gasteiger charge is -2.12. The molecule has 0 aliphatic carbocycles. The number of rotatable bonds is 9. The third-order valence-corrected chi connectivity index (χ3v) is 5.11. The molecule has 12 nitrogen and oxygen atoms in total. The summed E-state index contributed by atoms with van der Waals surface area (Å²) in [5.74, 6) is -0.244. The average molecular weight is 489 g/mol. The molecule has 2 aromatic carbocycles. The molecule has 4 rings (SSSR count). The number of nitrogens with zero attached hydrogens (tertiary/aromatic N) is 6. The lowest BCUT2D eigenvalue weighted by atomic mass is 10.0. The van der Waals surface area contributed by atoms with Crippen LogP contribution >= 0.6 is 0 Å². The van der Waals surface area contributed by atoms with Gasteiger partial charge in [-0.05, 0) is 46.7 Å². The molecule has 0 aliphatic heterocycles. The van der Waals surface area contributed by atoms with Crippen LogP contribution in [0.2, 0.25) is 0 Å². The number of nitrogens with one attached hydrogen (secondary N) is 2. The zero-order valence-electron chi connectivity index (χ0n) is 19.5. The van der Waals surface area contributed by atoms with Gasteiger partial charge in [0.15, 0.2) is 0 Å². The molecule has 2 N–H and O–H groups in total. The van der Waals surface area contributed by atoms with Crippen LogP contribution in [0.1, 0.15) is 18.1 Å². The molecule has 0 unspecified atom stereocenters. The summed E-state index contributed by atoms with van der Waals surface area (Å²) in [6.45, 7) is 2.46. The predicted octanol–water partition coefficient (Wildman–Crippen LogP) is 1.83. The monoisotopic (exact) mass is 488 g/mol. The summed E-state index contributed by atoms with van der Waals surface area (Å²) < 4.78 is 7.59. The smallest absolute Gasteiger partial charge is 0.411 e. The van der Waals surface area contributed by atoms with Gasteiger partial charge < -0.3 is 10.1 Å². The highest BCUT2D eigenvalue weighted by atomic mass is 16.5. The van der Waals surface area contributed by atoms with E-state index in [1.54, 1.807) is 31.2 Å². The van der Waals surface area contributed by atoms with Gasteiger partial charge in [0, 0.05) is 23.9 Å². The second kappa shape index (κ2) is 11.5. The van der Waals surface area contributed by atoms with Gasteiger partial charge in [0.05, 0.1) is 18.8 Å². The molecule has 0 fully saturated rings. The van der Waals surface area contributed by atoms with Gasteiger partial charge in [0.25, 0.3) is 5.56 Å². The van der Waals surface area contributed by atoms with Gasteiger partial charge in [-0.1, -0.05) is 36.4 Å². The molecule has 0 spiro atoms. The van der Waals surface area contributed by atoms with E-state index in [4.69, 9.17) is 4.74 Å². The van der Waals surface area contributed by atoms with Crippen molar-refractivity contribution in [2.24, 2.45) is 0 Å². The van der Waals surface area contributed by atoms with Crippen molar-refractivity contribution in [1.82, 2.24) is 35.3 Å². The predicted molar refractivity (Wildman–Crippen MR) is 130 cm³/mol. The lowest BCUT2D eigenvalue weighted by Crippen LogP contribution is -2.27. The second-order valence-corrected chi connectivity index (χ2v) is 7.70. The first-order chi connectivity index (χ1) is 17.5. The number of ether oxygens (including phenoxy) is 1. The maximum atomic E-state index is 12.5. The van der Waals surface area contributed by atoms with E-state index in [2.05, 4.69) is 31.3 Å². The summed E-state index contributed by atoms with van der Waals surface area (Å²) in [4.78, 5) is 36.5. The Morgan fingerprint density at radius 1 is 1.06 bits per heavy atom. The Bertz CT molecular complexity index is 1400. The van der Waals surface area contributed by atoms with Crippen LogP contribution in [0, 0.1) is 0 Å². The van der Waals surface area contributed by atoms with Crippen molar-refractivity contribution in [3.8, 4) is 11.3 Å². The zero-order chi connectivity index (χ0) is 25.3. The quantitative estimate of drug-likeness (QED) is 0.363. The Labute approximate surface area is 205 Å². The highest BCUT2D eigenvalue weighted by Gasteiger charge is 2.11. The highest BCUT2D eigenvalue weighted by molar-refractivity contribution is 5.84. The molecule has 12 heteroatoms. The maximum absolute atomic E-state index is 12.5. The molecule has 0 bridgehead atoms. The van der Waals surface area contributed by atoms with Gasteiger partial charge in [0.2, 0.25) is 5.91 Å². The average Bonchev–Trinajstić information content (AvgIpc) is 3.38. The van der Waals surface area contributed by atoms with E-state index in [1.165, 1.54) is 21.8 Å². The van der Waals surface area contributed by atoms with Crippen molar-refractivity contribution in [3.05, 3.63) is 88.5 Å². The molecule has 36 heavy (non-hydrogen) atoms. The lowest BCUT2D eigenvalue weighted by molar-refractivity contribution is -0.122. The Morgan fingerprint density at radius 3 is 2.72 bits per heavy atom. The van der Waals surface area contributed by atoms with E-state index < -0.39 is 6.09 Å². The topological polar surface area (TPSA) is 146 Å². The first-order valence-electron chi connectivity index (χ1n) is 11.2. The summed E-state index contributed by atoms with van der Waals surface area (Å²) in [6, 6.07) is 17.7. The molecule has 0 radical (unpaired) electrons. The number of carbonyl (C=O) groups is 2. The Balaban J connectivity index is 1.50. The number of amides is 2. The molecule has 2 heterocycles. The van der Waals surface area contributed by atoms with Gasteiger partial charge in [0.1, 0.15) is 12.9 Å². The van der Waals surface area contributed by atoms with Crippen molar-refractivity contribution in [2.45, 2.75) is 26.6 Å². The molecular weight excluding hydrogens is 464 g/mol. The number of benzene rings is 2. The Morgan fingerprint density at radius 2 is 1.92 bits per heavy atom. The number of anilines is 1. The highest BCUT2D eigenvalue weighted by Crippen LogP contribution is 2.21. The molecule has 0 atom stereocenters. The van der Waals surface area contributed by atoms with Crippen LogP contribution in [-0.2, 0) is 29.2 Å². The van der Waals surface area contributed by atoms with E-state index in [0.29, 0.717) is 11.4 Å². The van der Waals surface area contributed by atoms with Crippen molar-refractivity contribution >= 4 is 17.7 Å². The van der Waals surface area contributed by atoms with Crippen LogP contribution in [0.4, 0.5) is 10.5 Å². The number of aromatic nitrogens is 6. The summed E-state index contributed by atoms with van der Waals surface area (Å²) in [5, 5.41) is 20.8. The summed E-state index contributed by atoms with van der Waals surface area (Å²) in [5.41, 5.74) is 3.26. The van der Waals surface area contributed by atoms with Crippen LogP contribution in [-0.4, -0.2) is 48.6 Å². The minimum atomic E-state index is -0.548. The second-order valence-electron chi connectivity index (χ2n) is 7.70. The van der Waals surface area contributed by atoms with Crippen LogP contribution < -0.4 is 16.2 Å². The normalized spacial score (nSPS) is 10.6. The number of hydrogen-bond acceptors (Lipinski definition) is 8. The molecule has 184 valence electrons. The van der Waals surface area contributed by atoms with E-state index in [-0.39, 0.29) is 37.7 Å². The van der Waals surface area contributed by atoms with Gasteiger partial charge >= 0.3 is 6.09 Å². The Kier molecular flexibility index (Phi) is 7.76. The van der Waals surface area contributed by atoms with E-state index in [1.807, 2.05) is 30.3 Å². The van der Waals surface area contributed by atoms with Gasteiger partial charge in [-0.3, -0.25) is 14.9 Å². The number of carbonyl (C=O) groups excluding carboxylic acids is 2. The minimum Gasteiger partial charge on any atom is -0.450 e. The molecule has 2 aromatic heterocycles. The number of hydrogen-bond donors (Lipinski definition) is 2. The zero-order valence-corrected chi connectivity index (χ0v) is 19.5. The van der Waals surface area contributed by atoms with Crippen LogP contribution in [0.25, 0.3) is 11.3 Å². The van der Waals surface area contributed by atoms with Crippen LogP contribution in [0.15, 0.2) is 71.8 Å². The van der Waals surface area contributed by atoms with E-state index >= 15 is 0 Å². The molecule has 0 aliphatic rings. The van der Waals surface area contributed by atoms with E-state index in [0.717, 1.165) is 16.7 Å². The fraction of sp³-hybridized carbons (Fsp3) is 0.208. The SMILES string of the molecule is CCOC(=O)Nc1cccc(Cn2nc(-c3ccccc3CNC(=O)Cn3cnnn3)ccc2=O)c1. The molecular formula is C24H24N8O4. The number of tetrazole rings is 1. The summed E-state index contributed by atoms with van der Waals surface area (Å²) in [7, 11) is 0. The standard InChI is InChI=1S/C24H24N8O4/c1-2-36-24(35)27-19-8-5-6-17(12-19)14-32-23(34)11-10-21(28-32)20-9-4-3-7-18(20)13-25-22(33)15-31-16-26-29-30-31/h3-12,16H,2,13-15H2,1H3,(H,25,33)(H,27,35). The van der Waals surface area contributed by atoms with Gasteiger partial charge in [-0.25, -0.2) is 14.2 Å². The van der Waals surface area contributed by atoms with Crippen molar-refractivity contribution in [3.63, 3.8) is 0 Å². The fourth-order valence-corrected chi connectivity index (χ4v) is 3.49. The Hall–Kier alpha value is -4.87. The fourth-order valence-electron chi connectivity index (χ4n) is 3.49. The minimum absolute atomic E-state index is 0.00236. The van der Waals surface area contributed by atoms with Crippen molar-refractivity contribution in [1.29, 1.82) is 0 Å². The maximum Gasteiger partial charge on any atom is 0.411 e. The van der Waals surface area contributed by atoms with Crippen molar-refractivity contribution in [2.75, 3.05) is 11.9 Å². The molecule has 0 saturated heterocycles. The summed E-state index contributed by atoms with van der Waals surface area (Å²) in [6.07, 6.45) is 0.817. The summed E-state index contributed by atoms with van der Waals surface area (Å²) >= 11 is 0. The third kappa shape index (κ3) is 6.38. The van der Waals surface area contributed by atoms with Crippen LogP contribution in [0.3, 0.4) is 0 Å².